The van der Waals surface area contributed by atoms with Crippen LogP contribution in [0.2, 0.25) is 5.02 Å². The Morgan fingerprint density at radius 3 is 2.65 bits per heavy atom. The van der Waals surface area contributed by atoms with Crippen LogP contribution in [0.25, 0.3) is 6.08 Å². The van der Waals surface area contributed by atoms with Gasteiger partial charge in [0.1, 0.15) is 0 Å². The fourth-order valence-electron chi connectivity index (χ4n) is 2.95. The van der Waals surface area contributed by atoms with Gasteiger partial charge in [-0.1, -0.05) is 41.9 Å². The van der Waals surface area contributed by atoms with Crippen LogP contribution in [0.5, 0.6) is 0 Å². The highest BCUT2D eigenvalue weighted by Crippen LogP contribution is 2.25. The molecule has 0 spiro atoms. The van der Waals surface area contributed by atoms with Crippen LogP contribution in [0.3, 0.4) is 0 Å². The van der Waals surface area contributed by atoms with Crippen LogP contribution >= 0.6 is 11.6 Å². The molecule has 0 heterocycles. The molecule has 23 heavy (non-hydrogen) atoms. The van der Waals surface area contributed by atoms with E-state index in [9.17, 15) is 4.79 Å². The molecule has 118 valence electrons. The number of carbonyl (C=O) groups excluding carboxylic acids is 1. The van der Waals surface area contributed by atoms with E-state index < -0.39 is 0 Å². The van der Waals surface area contributed by atoms with Crippen molar-refractivity contribution in [1.29, 1.82) is 0 Å². The average Bonchev–Trinajstić information content (AvgIpc) is 3.02. The van der Waals surface area contributed by atoms with Crippen molar-refractivity contribution in [3.8, 4) is 0 Å². The van der Waals surface area contributed by atoms with E-state index in [1.165, 1.54) is 29.5 Å². The second-order valence-electron chi connectivity index (χ2n) is 6.00. The van der Waals surface area contributed by atoms with Crippen molar-refractivity contribution >= 4 is 23.6 Å². The Morgan fingerprint density at radius 2 is 1.87 bits per heavy atom. The summed E-state index contributed by atoms with van der Waals surface area (Å²) in [5.74, 6) is -0.0899. The Morgan fingerprint density at radius 1 is 1.13 bits per heavy atom. The van der Waals surface area contributed by atoms with Gasteiger partial charge in [-0.25, -0.2) is 0 Å². The molecule has 1 N–H and O–H groups in total. The van der Waals surface area contributed by atoms with Gasteiger partial charge in [-0.05, 0) is 66.6 Å². The molecular formula is C20H20ClNO. The topological polar surface area (TPSA) is 29.1 Å². The van der Waals surface area contributed by atoms with Gasteiger partial charge in [0.05, 0.1) is 6.04 Å². The predicted octanol–water partition coefficient (Wildman–Crippen LogP) is 4.72. The Bertz CT molecular complexity index is 734. The lowest BCUT2D eigenvalue weighted by atomic mass is 10.0. The first kappa shape index (κ1) is 15.8. The summed E-state index contributed by atoms with van der Waals surface area (Å²) in [6, 6.07) is 14.0. The van der Waals surface area contributed by atoms with Crippen molar-refractivity contribution in [2.45, 2.75) is 32.2 Å². The summed E-state index contributed by atoms with van der Waals surface area (Å²) in [6.45, 7) is 2.02. The Kier molecular flexibility index (Phi) is 4.82. The van der Waals surface area contributed by atoms with E-state index in [0.717, 1.165) is 12.0 Å². The molecule has 1 amide bonds. The molecule has 0 unspecified atom stereocenters. The molecule has 0 saturated carbocycles. The molecule has 2 aromatic carbocycles. The highest BCUT2D eigenvalue weighted by molar-refractivity contribution is 6.30. The number of carbonyl (C=O) groups is 1. The lowest BCUT2D eigenvalue weighted by Crippen LogP contribution is -2.24. The number of nitrogens with one attached hydrogen (secondary N) is 1. The number of aryl methyl sites for hydroxylation is 2. The summed E-state index contributed by atoms with van der Waals surface area (Å²) in [4.78, 5) is 12.1. The minimum absolute atomic E-state index is 0.00303. The van der Waals surface area contributed by atoms with Gasteiger partial charge in [-0.15, -0.1) is 0 Å². The minimum Gasteiger partial charge on any atom is -0.346 e. The molecule has 0 aliphatic heterocycles. The van der Waals surface area contributed by atoms with E-state index in [2.05, 4.69) is 23.5 Å². The normalized spacial score (nSPS) is 14.7. The molecule has 2 aromatic rings. The highest BCUT2D eigenvalue weighted by atomic mass is 35.5. The third-order valence-electron chi connectivity index (χ3n) is 4.28. The standard InChI is InChI=1S/C20H20ClNO/c1-14(17-9-8-16-3-2-4-18(16)13-17)22-20(23)12-7-15-5-10-19(21)11-6-15/h5-14H,2-4H2,1H3,(H,22,23)/b12-7+/t14-/m1/s1. The van der Waals surface area contributed by atoms with Crippen molar-refractivity contribution in [2.75, 3.05) is 0 Å². The monoisotopic (exact) mass is 325 g/mol. The Balaban J connectivity index is 1.62. The van der Waals surface area contributed by atoms with Gasteiger partial charge >= 0.3 is 0 Å². The molecule has 0 saturated heterocycles. The first-order valence-electron chi connectivity index (χ1n) is 7.97. The summed E-state index contributed by atoms with van der Waals surface area (Å²) in [5, 5.41) is 3.71. The number of hydrogen-bond donors (Lipinski definition) is 1. The second kappa shape index (κ2) is 7.01. The van der Waals surface area contributed by atoms with Crippen LogP contribution < -0.4 is 5.32 Å². The zero-order chi connectivity index (χ0) is 16.2. The SMILES string of the molecule is C[C@@H](NC(=O)/C=C/c1ccc(Cl)cc1)c1ccc2c(c1)CCC2. The van der Waals surface area contributed by atoms with Crippen LogP contribution in [0.1, 0.15) is 41.6 Å². The van der Waals surface area contributed by atoms with Crippen molar-refractivity contribution < 1.29 is 4.79 Å². The number of benzene rings is 2. The van der Waals surface area contributed by atoms with Gasteiger partial charge in [-0.2, -0.15) is 0 Å². The lowest BCUT2D eigenvalue weighted by Gasteiger charge is -2.14. The molecule has 0 bridgehead atoms. The van der Waals surface area contributed by atoms with Crippen molar-refractivity contribution in [2.24, 2.45) is 0 Å². The maximum absolute atomic E-state index is 12.1. The lowest BCUT2D eigenvalue weighted by molar-refractivity contribution is -0.117. The summed E-state index contributed by atoms with van der Waals surface area (Å²) in [6.07, 6.45) is 6.93. The second-order valence-corrected chi connectivity index (χ2v) is 6.43. The third-order valence-corrected chi connectivity index (χ3v) is 4.53. The van der Waals surface area contributed by atoms with Crippen molar-refractivity contribution in [3.63, 3.8) is 0 Å². The zero-order valence-corrected chi connectivity index (χ0v) is 13.9. The van der Waals surface area contributed by atoms with Crippen molar-refractivity contribution in [1.82, 2.24) is 5.32 Å². The molecule has 1 aliphatic rings. The smallest absolute Gasteiger partial charge is 0.244 e. The van der Waals surface area contributed by atoms with Gasteiger partial charge in [0.2, 0.25) is 5.91 Å². The molecule has 0 fully saturated rings. The van der Waals surface area contributed by atoms with Crippen LogP contribution in [0.4, 0.5) is 0 Å². The zero-order valence-electron chi connectivity index (χ0n) is 13.2. The number of fused-ring (bicyclic) bond motifs is 1. The Labute approximate surface area is 142 Å². The molecule has 0 radical (unpaired) electrons. The molecular weight excluding hydrogens is 306 g/mol. The fraction of sp³-hybridized carbons (Fsp3) is 0.250. The molecule has 1 atom stereocenters. The maximum Gasteiger partial charge on any atom is 0.244 e. The van der Waals surface area contributed by atoms with Crippen molar-refractivity contribution in [3.05, 3.63) is 75.8 Å². The van der Waals surface area contributed by atoms with Gasteiger partial charge in [-0.3, -0.25) is 4.79 Å². The molecule has 2 nitrogen and oxygen atoms in total. The van der Waals surface area contributed by atoms with E-state index >= 15 is 0 Å². The van der Waals surface area contributed by atoms with Crippen LogP contribution in [-0.4, -0.2) is 5.91 Å². The average molecular weight is 326 g/mol. The molecule has 1 aliphatic carbocycles. The highest BCUT2D eigenvalue weighted by Gasteiger charge is 2.14. The largest absolute Gasteiger partial charge is 0.346 e. The van der Waals surface area contributed by atoms with Crippen LogP contribution in [0.15, 0.2) is 48.5 Å². The van der Waals surface area contributed by atoms with Gasteiger partial charge < -0.3 is 5.32 Å². The summed E-state index contributed by atoms with van der Waals surface area (Å²) < 4.78 is 0. The Hall–Kier alpha value is -2.06. The van der Waals surface area contributed by atoms with E-state index in [1.807, 2.05) is 31.2 Å². The minimum atomic E-state index is -0.0899. The fourth-order valence-corrected chi connectivity index (χ4v) is 3.08. The van der Waals surface area contributed by atoms with Crippen LogP contribution in [0, 0.1) is 0 Å². The van der Waals surface area contributed by atoms with Gasteiger partial charge in [0.25, 0.3) is 0 Å². The van der Waals surface area contributed by atoms with E-state index in [1.54, 1.807) is 12.2 Å². The van der Waals surface area contributed by atoms with Crippen LogP contribution in [-0.2, 0) is 17.6 Å². The first-order chi connectivity index (χ1) is 11.1. The summed E-state index contributed by atoms with van der Waals surface area (Å²) in [5.41, 5.74) is 5.00. The third kappa shape index (κ3) is 4.02. The first-order valence-corrected chi connectivity index (χ1v) is 8.35. The summed E-state index contributed by atoms with van der Waals surface area (Å²) >= 11 is 5.85. The number of hydrogen-bond acceptors (Lipinski definition) is 1. The summed E-state index contributed by atoms with van der Waals surface area (Å²) in [7, 11) is 0. The van der Waals surface area contributed by atoms with E-state index in [-0.39, 0.29) is 11.9 Å². The van der Waals surface area contributed by atoms with E-state index in [4.69, 9.17) is 11.6 Å². The molecule has 3 rings (SSSR count). The number of halogens is 1. The molecule has 0 aromatic heterocycles. The molecule has 3 heteroatoms. The number of rotatable bonds is 4. The predicted molar refractivity (Wildman–Crippen MR) is 95.5 cm³/mol. The number of amides is 1. The quantitative estimate of drug-likeness (QED) is 0.810. The van der Waals surface area contributed by atoms with Gasteiger partial charge in [0, 0.05) is 11.1 Å². The maximum atomic E-state index is 12.1. The van der Waals surface area contributed by atoms with E-state index in [0.29, 0.717) is 5.02 Å². The van der Waals surface area contributed by atoms with Gasteiger partial charge in [0.15, 0.2) is 0 Å².